The zero-order chi connectivity index (χ0) is 13.8. The van der Waals surface area contributed by atoms with Crippen LogP contribution in [0.1, 0.15) is 5.69 Å². The Morgan fingerprint density at radius 3 is 2.00 bits per heavy atom. The van der Waals surface area contributed by atoms with Crippen LogP contribution in [0.2, 0.25) is 0 Å². The van der Waals surface area contributed by atoms with E-state index in [1.54, 1.807) is 6.20 Å². The summed E-state index contributed by atoms with van der Waals surface area (Å²) in [5, 5.41) is 6.77. The van der Waals surface area contributed by atoms with Crippen LogP contribution < -0.4 is 9.47 Å². The van der Waals surface area contributed by atoms with Crippen LogP contribution in [0.15, 0.2) is 60.8 Å². The number of aromatic amines is 1. The third kappa shape index (κ3) is 2.80. The molecule has 0 aliphatic rings. The lowest BCUT2D eigenvalue weighted by molar-refractivity contribution is 0.467. The van der Waals surface area contributed by atoms with E-state index >= 15 is 0 Å². The highest BCUT2D eigenvalue weighted by atomic mass is 16.5. The topological polar surface area (TPSA) is 47.1 Å². The van der Waals surface area contributed by atoms with Crippen molar-refractivity contribution in [3.05, 3.63) is 66.5 Å². The molecule has 100 valence electrons. The third-order valence-electron chi connectivity index (χ3n) is 2.81. The second-order valence-corrected chi connectivity index (χ2v) is 4.32. The quantitative estimate of drug-likeness (QED) is 0.765. The molecule has 0 fully saturated rings. The molecule has 3 aromatic rings. The monoisotopic (exact) mass is 266 g/mol. The van der Waals surface area contributed by atoms with Gasteiger partial charge in [-0.15, -0.1) is 0 Å². The number of H-pyrrole nitrogens is 1. The van der Waals surface area contributed by atoms with Crippen LogP contribution in [-0.2, 0) is 0 Å². The van der Waals surface area contributed by atoms with Crippen molar-refractivity contribution >= 4 is 0 Å². The van der Waals surface area contributed by atoms with Gasteiger partial charge in [0, 0.05) is 0 Å². The van der Waals surface area contributed by atoms with E-state index in [-0.39, 0.29) is 0 Å². The van der Waals surface area contributed by atoms with Crippen molar-refractivity contribution in [2.24, 2.45) is 0 Å². The molecule has 0 saturated heterocycles. The zero-order valence-corrected chi connectivity index (χ0v) is 11.0. The maximum Gasteiger partial charge on any atom is 0.167 e. The molecule has 0 unspecified atom stereocenters. The molecule has 0 amide bonds. The average molecular weight is 266 g/mol. The highest BCUT2D eigenvalue weighted by molar-refractivity contribution is 5.37. The smallest absolute Gasteiger partial charge is 0.167 e. The molecule has 20 heavy (non-hydrogen) atoms. The number of nitrogens with zero attached hydrogens (tertiary/aromatic N) is 1. The molecule has 4 heteroatoms. The van der Waals surface area contributed by atoms with Gasteiger partial charge in [-0.3, -0.25) is 5.10 Å². The molecule has 1 aromatic heterocycles. The highest BCUT2D eigenvalue weighted by Gasteiger charge is 2.04. The van der Waals surface area contributed by atoms with Gasteiger partial charge >= 0.3 is 0 Å². The van der Waals surface area contributed by atoms with Gasteiger partial charge in [0.2, 0.25) is 0 Å². The van der Waals surface area contributed by atoms with Crippen molar-refractivity contribution in [3.8, 4) is 23.0 Å². The minimum atomic E-state index is 0.724. The second kappa shape index (κ2) is 5.48. The van der Waals surface area contributed by atoms with Crippen molar-refractivity contribution < 1.29 is 9.47 Å². The molecule has 2 aromatic carbocycles. The zero-order valence-electron chi connectivity index (χ0n) is 11.0. The molecule has 0 aliphatic carbocycles. The maximum absolute atomic E-state index is 5.72. The van der Waals surface area contributed by atoms with Gasteiger partial charge in [-0.25, -0.2) is 0 Å². The van der Waals surface area contributed by atoms with Crippen LogP contribution in [0.3, 0.4) is 0 Å². The summed E-state index contributed by atoms with van der Waals surface area (Å²) in [4.78, 5) is 0. The van der Waals surface area contributed by atoms with Crippen molar-refractivity contribution in [1.82, 2.24) is 10.2 Å². The van der Waals surface area contributed by atoms with Gasteiger partial charge in [-0.05, 0) is 43.3 Å². The van der Waals surface area contributed by atoms with Gasteiger partial charge in [-0.2, -0.15) is 5.10 Å². The predicted molar refractivity (Wildman–Crippen MR) is 76.4 cm³/mol. The Balaban J connectivity index is 1.70. The first-order valence-corrected chi connectivity index (χ1v) is 6.32. The second-order valence-electron chi connectivity index (χ2n) is 4.32. The van der Waals surface area contributed by atoms with E-state index in [1.165, 1.54) is 0 Å². The van der Waals surface area contributed by atoms with E-state index in [1.807, 2.05) is 61.5 Å². The fourth-order valence-corrected chi connectivity index (χ4v) is 1.78. The Morgan fingerprint density at radius 2 is 1.40 bits per heavy atom. The Kier molecular flexibility index (Phi) is 3.37. The van der Waals surface area contributed by atoms with E-state index in [9.17, 15) is 0 Å². The Labute approximate surface area is 117 Å². The summed E-state index contributed by atoms with van der Waals surface area (Å²) in [7, 11) is 0. The molecule has 0 atom stereocenters. The summed E-state index contributed by atoms with van der Waals surface area (Å²) in [6, 6.07) is 17.1. The van der Waals surface area contributed by atoms with Gasteiger partial charge in [0.15, 0.2) is 5.75 Å². The molecule has 3 rings (SSSR count). The largest absolute Gasteiger partial charge is 0.457 e. The maximum atomic E-state index is 5.72. The van der Waals surface area contributed by atoms with E-state index in [2.05, 4.69) is 10.2 Å². The van der Waals surface area contributed by atoms with E-state index in [4.69, 9.17) is 9.47 Å². The van der Waals surface area contributed by atoms with Gasteiger partial charge in [-0.1, -0.05) is 18.2 Å². The number of hydrogen-bond donors (Lipinski definition) is 1. The molecular formula is C16H14N2O2. The number of hydrogen-bond acceptors (Lipinski definition) is 3. The first-order chi connectivity index (χ1) is 9.81. The normalized spacial score (nSPS) is 10.2. The van der Waals surface area contributed by atoms with E-state index in [0.717, 1.165) is 28.7 Å². The fraction of sp³-hybridized carbons (Fsp3) is 0.0625. The molecular weight excluding hydrogens is 252 g/mol. The summed E-state index contributed by atoms with van der Waals surface area (Å²) < 4.78 is 11.4. The fourth-order valence-electron chi connectivity index (χ4n) is 1.78. The van der Waals surface area contributed by atoms with Crippen molar-refractivity contribution in [3.63, 3.8) is 0 Å². The van der Waals surface area contributed by atoms with Gasteiger partial charge < -0.3 is 9.47 Å². The van der Waals surface area contributed by atoms with E-state index in [0.29, 0.717) is 0 Å². The van der Waals surface area contributed by atoms with Gasteiger partial charge in [0.05, 0.1) is 6.20 Å². The molecule has 4 nitrogen and oxygen atoms in total. The Hall–Kier alpha value is -2.75. The molecule has 0 spiro atoms. The van der Waals surface area contributed by atoms with Crippen LogP contribution in [-0.4, -0.2) is 10.2 Å². The summed E-state index contributed by atoms with van der Waals surface area (Å²) >= 11 is 0. The lowest BCUT2D eigenvalue weighted by Crippen LogP contribution is -1.86. The standard InChI is InChI=1S/C16H14N2O2/c1-12-16(11-17-18-12)20-15-9-7-14(8-10-15)19-13-5-3-2-4-6-13/h2-11H,1H3,(H,17,18). The number of rotatable bonds is 4. The molecule has 0 bridgehead atoms. The van der Waals surface area contributed by atoms with Crippen LogP contribution in [0.25, 0.3) is 0 Å². The number of benzene rings is 2. The van der Waals surface area contributed by atoms with Gasteiger partial charge in [0.25, 0.3) is 0 Å². The van der Waals surface area contributed by atoms with Gasteiger partial charge in [0.1, 0.15) is 22.9 Å². The third-order valence-corrected chi connectivity index (χ3v) is 2.81. The SMILES string of the molecule is Cc1n[nH]cc1Oc1ccc(Oc2ccccc2)cc1. The Morgan fingerprint density at radius 1 is 0.800 bits per heavy atom. The molecule has 0 saturated carbocycles. The number of para-hydroxylation sites is 1. The summed E-state index contributed by atoms with van der Waals surface area (Å²) in [5.74, 6) is 3.05. The number of aromatic nitrogens is 2. The Bertz CT molecular complexity index is 675. The summed E-state index contributed by atoms with van der Waals surface area (Å²) in [5.41, 5.74) is 0.828. The predicted octanol–water partition coefficient (Wildman–Crippen LogP) is 4.30. The molecule has 1 heterocycles. The summed E-state index contributed by atoms with van der Waals surface area (Å²) in [6.07, 6.45) is 1.73. The molecule has 0 aliphatic heterocycles. The van der Waals surface area contributed by atoms with Crippen LogP contribution in [0.4, 0.5) is 0 Å². The van der Waals surface area contributed by atoms with Crippen molar-refractivity contribution in [1.29, 1.82) is 0 Å². The van der Waals surface area contributed by atoms with Crippen molar-refractivity contribution in [2.45, 2.75) is 6.92 Å². The lowest BCUT2D eigenvalue weighted by Gasteiger charge is -2.07. The minimum Gasteiger partial charge on any atom is -0.457 e. The van der Waals surface area contributed by atoms with Crippen LogP contribution >= 0.6 is 0 Å². The molecule has 0 radical (unpaired) electrons. The number of ether oxygens (including phenoxy) is 2. The first kappa shape index (κ1) is 12.3. The first-order valence-electron chi connectivity index (χ1n) is 6.32. The van der Waals surface area contributed by atoms with E-state index < -0.39 is 0 Å². The van der Waals surface area contributed by atoms with Crippen LogP contribution in [0, 0.1) is 6.92 Å². The highest BCUT2D eigenvalue weighted by Crippen LogP contribution is 2.27. The number of nitrogens with one attached hydrogen (secondary N) is 1. The minimum absolute atomic E-state index is 0.724. The molecule has 1 N–H and O–H groups in total. The van der Waals surface area contributed by atoms with Crippen LogP contribution in [0.5, 0.6) is 23.0 Å². The lowest BCUT2D eigenvalue weighted by atomic mass is 10.3. The van der Waals surface area contributed by atoms with Crippen molar-refractivity contribution in [2.75, 3.05) is 0 Å². The number of aryl methyl sites for hydroxylation is 1. The summed E-state index contributed by atoms with van der Waals surface area (Å²) in [6.45, 7) is 1.89. The average Bonchev–Trinajstić information content (AvgIpc) is 2.88.